The number of non-ortho nitro benzene ring substituents is 1. The maximum Gasteiger partial charge on any atom is 0.271 e. The molecule has 0 fully saturated rings. The number of nitro groups is 1. The van der Waals surface area contributed by atoms with Crippen LogP contribution in [0, 0.1) is 10.1 Å². The molecule has 1 heterocycles. The van der Waals surface area contributed by atoms with Crippen molar-refractivity contribution in [2.24, 2.45) is 4.99 Å². The first-order chi connectivity index (χ1) is 13.9. The van der Waals surface area contributed by atoms with Gasteiger partial charge in [-0.05, 0) is 58.4 Å². The molecule has 0 atom stereocenters. The highest BCUT2D eigenvalue weighted by molar-refractivity contribution is 9.10. The fraction of sp³-hybridized carbons (Fsp3) is 0. The molecular weight excluding hydrogens is 438 g/mol. The summed E-state index contributed by atoms with van der Waals surface area (Å²) in [5, 5.41) is 21.1. The number of aliphatic imine (C=N–C) groups is 1. The van der Waals surface area contributed by atoms with Crippen molar-refractivity contribution in [1.29, 1.82) is 0 Å². The summed E-state index contributed by atoms with van der Waals surface area (Å²) in [6, 6.07) is 15.3. The highest BCUT2D eigenvalue weighted by atomic mass is 79.9. The Balaban J connectivity index is 1.60. The van der Waals surface area contributed by atoms with Crippen molar-refractivity contribution >= 4 is 50.2 Å². The predicted molar refractivity (Wildman–Crippen MR) is 116 cm³/mol. The maximum absolute atomic E-state index is 11.0. The lowest BCUT2D eigenvalue weighted by molar-refractivity contribution is -0.385. The molecule has 0 unspecified atom stereocenters. The third-order valence-corrected chi connectivity index (χ3v) is 4.89. The summed E-state index contributed by atoms with van der Waals surface area (Å²) in [6.07, 6.45) is 1.38. The quantitative estimate of drug-likeness (QED) is 0.175. The van der Waals surface area contributed by atoms with Gasteiger partial charge in [-0.1, -0.05) is 0 Å². The highest BCUT2D eigenvalue weighted by Crippen LogP contribution is 2.32. The number of aromatic hydroxyl groups is 1. The average Bonchev–Trinajstić information content (AvgIpc) is 3.12. The molecule has 0 aliphatic heterocycles. The molecule has 0 saturated carbocycles. The van der Waals surface area contributed by atoms with E-state index in [9.17, 15) is 15.2 Å². The zero-order valence-corrected chi connectivity index (χ0v) is 16.4. The summed E-state index contributed by atoms with van der Waals surface area (Å²) < 4.78 is 0.231. The van der Waals surface area contributed by atoms with E-state index >= 15 is 0 Å². The molecule has 29 heavy (non-hydrogen) atoms. The summed E-state index contributed by atoms with van der Waals surface area (Å²) in [6.45, 7) is 0. The molecule has 4 N–H and O–H groups in total. The molecule has 0 aliphatic rings. The SMILES string of the molecule is Nc1ccc2nc(-c3ccc(N=Cc4cc([N+](=O)[O-])cc(Br)c4O)cc3)[nH]c2c1. The smallest absolute Gasteiger partial charge is 0.271 e. The Morgan fingerprint density at radius 3 is 2.66 bits per heavy atom. The number of nitrogens with zero attached hydrogens (tertiary/aromatic N) is 3. The molecule has 1 aromatic heterocycles. The van der Waals surface area contributed by atoms with E-state index < -0.39 is 4.92 Å². The summed E-state index contributed by atoms with van der Waals surface area (Å²) in [5.74, 6) is 0.596. The number of rotatable bonds is 4. The first kappa shape index (κ1) is 18.6. The molecule has 4 rings (SSSR count). The highest BCUT2D eigenvalue weighted by Gasteiger charge is 2.13. The van der Waals surface area contributed by atoms with Gasteiger partial charge in [0.15, 0.2) is 0 Å². The van der Waals surface area contributed by atoms with Crippen LogP contribution in [-0.2, 0) is 0 Å². The number of anilines is 1. The summed E-state index contributed by atoms with van der Waals surface area (Å²) in [5.41, 5.74) is 9.73. The molecule has 0 amide bonds. The fourth-order valence-corrected chi connectivity index (χ4v) is 3.29. The lowest BCUT2D eigenvalue weighted by atomic mass is 10.2. The number of phenols is 1. The van der Waals surface area contributed by atoms with E-state index in [1.54, 1.807) is 18.2 Å². The van der Waals surface area contributed by atoms with Crippen LogP contribution < -0.4 is 5.73 Å². The summed E-state index contributed by atoms with van der Waals surface area (Å²) in [7, 11) is 0. The van der Waals surface area contributed by atoms with Gasteiger partial charge in [-0.15, -0.1) is 0 Å². The van der Waals surface area contributed by atoms with Crippen LogP contribution in [0.5, 0.6) is 5.75 Å². The average molecular weight is 452 g/mol. The van der Waals surface area contributed by atoms with Gasteiger partial charge >= 0.3 is 0 Å². The van der Waals surface area contributed by atoms with Crippen molar-refractivity contribution < 1.29 is 10.0 Å². The van der Waals surface area contributed by atoms with E-state index in [0.29, 0.717) is 17.2 Å². The minimum Gasteiger partial charge on any atom is -0.506 e. The van der Waals surface area contributed by atoms with Crippen LogP contribution in [0.4, 0.5) is 17.1 Å². The molecule has 144 valence electrons. The molecule has 3 aromatic carbocycles. The number of hydrogen-bond donors (Lipinski definition) is 3. The van der Waals surface area contributed by atoms with Crippen LogP contribution in [0.25, 0.3) is 22.4 Å². The summed E-state index contributed by atoms with van der Waals surface area (Å²) >= 11 is 3.11. The number of nitrogens with two attached hydrogens (primary N) is 1. The normalized spacial score (nSPS) is 11.3. The van der Waals surface area contributed by atoms with Crippen molar-refractivity contribution in [2.75, 3.05) is 5.73 Å². The number of aromatic nitrogens is 2. The minimum atomic E-state index is -0.530. The fourth-order valence-electron chi connectivity index (χ4n) is 2.82. The van der Waals surface area contributed by atoms with Gasteiger partial charge in [0.2, 0.25) is 0 Å². The molecule has 9 heteroatoms. The van der Waals surface area contributed by atoms with Gasteiger partial charge in [0.05, 0.1) is 26.1 Å². The van der Waals surface area contributed by atoms with Crippen molar-refractivity contribution in [2.45, 2.75) is 0 Å². The van der Waals surface area contributed by atoms with Crippen LogP contribution in [0.2, 0.25) is 0 Å². The lowest BCUT2D eigenvalue weighted by Crippen LogP contribution is -1.91. The number of imidazole rings is 1. The van der Waals surface area contributed by atoms with Crippen LogP contribution >= 0.6 is 15.9 Å². The topological polar surface area (TPSA) is 130 Å². The number of fused-ring (bicyclic) bond motifs is 1. The molecule has 0 bridgehead atoms. The number of nitro benzene ring substituents is 1. The van der Waals surface area contributed by atoms with Crippen molar-refractivity contribution in [3.63, 3.8) is 0 Å². The summed E-state index contributed by atoms with van der Waals surface area (Å²) in [4.78, 5) is 22.5. The van der Waals surface area contributed by atoms with Gasteiger partial charge in [-0.3, -0.25) is 15.1 Å². The Morgan fingerprint density at radius 2 is 1.93 bits per heavy atom. The Morgan fingerprint density at radius 1 is 1.17 bits per heavy atom. The third-order valence-electron chi connectivity index (χ3n) is 4.29. The monoisotopic (exact) mass is 451 g/mol. The van der Waals surface area contributed by atoms with Gasteiger partial charge in [0, 0.05) is 35.2 Å². The van der Waals surface area contributed by atoms with Crippen LogP contribution in [0.3, 0.4) is 0 Å². The second-order valence-electron chi connectivity index (χ2n) is 6.29. The van der Waals surface area contributed by atoms with Crippen LogP contribution in [-0.4, -0.2) is 26.2 Å². The third kappa shape index (κ3) is 3.81. The van der Waals surface area contributed by atoms with Crippen molar-refractivity contribution in [3.05, 3.63) is 74.7 Å². The Bertz CT molecular complexity index is 1270. The number of halogens is 1. The Kier molecular flexibility index (Phi) is 4.73. The number of nitrogens with one attached hydrogen (secondary N) is 1. The zero-order chi connectivity index (χ0) is 20.5. The van der Waals surface area contributed by atoms with E-state index in [0.717, 1.165) is 16.6 Å². The first-order valence-electron chi connectivity index (χ1n) is 8.47. The van der Waals surface area contributed by atoms with Gasteiger partial charge in [-0.2, -0.15) is 0 Å². The van der Waals surface area contributed by atoms with E-state index in [1.165, 1.54) is 18.3 Å². The standard InChI is InChI=1S/C20H14BrN5O3/c21-16-9-15(26(28)29)7-12(19(16)27)10-23-14-4-1-11(2-5-14)20-24-17-6-3-13(22)8-18(17)25-20/h1-10,27H,22H2,(H,24,25). The number of phenolic OH excluding ortho intramolecular Hbond substituents is 1. The van der Waals surface area contributed by atoms with E-state index in [2.05, 4.69) is 30.9 Å². The van der Waals surface area contributed by atoms with E-state index in [4.69, 9.17) is 5.73 Å². The van der Waals surface area contributed by atoms with E-state index in [-0.39, 0.29) is 21.5 Å². The second-order valence-corrected chi connectivity index (χ2v) is 7.14. The largest absolute Gasteiger partial charge is 0.506 e. The van der Waals surface area contributed by atoms with Gasteiger partial charge in [0.25, 0.3) is 5.69 Å². The van der Waals surface area contributed by atoms with Gasteiger partial charge < -0.3 is 15.8 Å². The Hall–Kier alpha value is -3.72. The van der Waals surface area contributed by atoms with Crippen molar-refractivity contribution in [3.8, 4) is 17.1 Å². The number of aromatic amines is 1. The molecular formula is C20H14BrN5O3. The molecule has 8 nitrogen and oxygen atoms in total. The maximum atomic E-state index is 11.0. The number of H-pyrrole nitrogens is 1. The number of hydrogen-bond acceptors (Lipinski definition) is 6. The van der Waals surface area contributed by atoms with Crippen LogP contribution in [0.15, 0.2) is 64.1 Å². The lowest BCUT2D eigenvalue weighted by Gasteiger charge is -2.02. The van der Waals surface area contributed by atoms with Gasteiger partial charge in [-0.25, -0.2) is 4.98 Å². The second kappa shape index (κ2) is 7.36. The number of nitrogen functional groups attached to an aromatic ring is 1. The molecule has 4 aromatic rings. The zero-order valence-electron chi connectivity index (χ0n) is 14.8. The minimum absolute atomic E-state index is 0.113. The van der Waals surface area contributed by atoms with Crippen LogP contribution in [0.1, 0.15) is 5.56 Å². The number of benzene rings is 3. The molecule has 0 spiro atoms. The predicted octanol–water partition coefficient (Wildman–Crippen LogP) is 4.94. The molecule has 0 aliphatic carbocycles. The van der Waals surface area contributed by atoms with Crippen molar-refractivity contribution in [1.82, 2.24) is 9.97 Å². The molecule has 0 radical (unpaired) electrons. The molecule has 0 saturated heterocycles. The first-order valence-corrected chi connectivity index (χ1v) is 9.26. The van der Waals surface area contributed by atoms with E-state index in [1.807, 2.05) is 24.3 Å². The Labute approximate surface area is 173 Å². The van der Waals surface area contributed by atoms with Gasteiger partial charge in [0.1, 0.15) is 11.6 Å².